The number of nitrogens with one attached hydrogen (secondary N) is 2. The molecular weight excluding hydrogens is 212 g/mol. The summed E-state index contributed by atoms with van der Waals surface area (Å²) in [6.45, 7) is 0.264. The van der Waals surface area contributed by atoms with Gasteiger partial charge in [0.05, 0.1) is 12.7 Å². The minimum absolute atomic E-state index is 0.000458. The second-order valence-corrected chi connectivity index (χ2v) is 3.10. The molecule has 2 heterocycles. The van der Waals surface area contributed by atoms with E-state index >= 15 is 0 Å². The summed E-state index contributed by atoms with van der Waals surface area (Å²) in [5.74, 6) is -0.325. The molecule has 5 N–H and O–H groups in total. The number of nitrogen functional groups attached to an aromatic ring is 1. The normalized spacial score (nSPS) is 10.5. The second-order valence-electron chi connectivity index (χ2n) is 3.10. The maximum Gasteiger partial charge on any atom is 0.305 e. The van der Waals surface area contributed by atoms with Gasteiger partial charge in [-0.25, -0.2) is 4.98 Å². The van der Waals surface area contributed by atoms with Crippen LogP contribution >= 0.6 is 0 Å². The first-order chi connectivity index (χ1) is 7.66. The van der Waals surface area contributed by atoms with Crippen molar-refractivity contribution in [1.82, 2.24) is 19.9 Å². The maximum absolute atomic E-state index is 10.4. The van der Waals surface area contributed by atoms with E-state index in [1.165, 1.54) is 6.33 Å². The number of carboxylic acids is 1. The van der Waals surface area contributed by atoms with E-state index in [0.717, 1.165) is 0 Å². The number of hydrogen-bond donors (Lipinski definition) is 4. The molecule has 0 spiro atoms. The number of carbonyl (C=O) groups is 1. The van der Waals surface area contributed by atoms with Gasteiger partial charge >= 0.3 is 5.97 Å². The van der Waals surface area contributed by atoms with Crippen LogP contribution in [0.15, 0.2) is 6.33 Å². The number of aromatic amines is 1. The first kappa shape index (κ1) is 10.1. The number of carboxylic acid groups (broad SMARTS) is 1. The molecule has 0 aliphatic carbocycles. The van der Waals surface area contributed by atoms with Gasteiger partial charge in [-0.1, -0.05) is 0 Å². The largest absolute Gasteiger partial charge is 0.481 e. The third kappa shape index (κ3) is 2.00. The fraction of sp³-hybridized carbons (Fsp3) is 0.250. The highest BCUT2D eigenvalue weighted by Crippen LogP contribution is 2.16. The zero-order chi connectivity index (χ0) is 11.5. The van der Waals surface area contributed by atoms with Crippen molar-refractivity contribution in [3.8, 4) is 0 Å². The molecule has 2 aromatic rings. The van der Waals surface area contributed by atoms with Gasteiger partial charge in [0, 0.05) is 6.54 Å². The van der Waals surface area contributed by atoms with Crippen LogP contribution in [0, 0.1) is 0 Å². The third-order valence-corrected chi connectivity index (χ3v) is 1.93. The summed E-state index contributed by atoms with van der Waals surface area (Å²) in [6, 6.07) is 0. The lowest BCUT2D eigenvalue weighted by atomic mass is 10.4. The molecule has 0 unspecified atom stereocenters. The Labute approximate surface area is 89.9 Å². The SMILES string of the molecule is Nc1nc(NCCC(=O)O)c2[nH]cnc2n1. The molecule has 0 atom stereocenters. The van der Waals surface area contributed by atoms with Crippen LogP contribution in [-0.4, -0.2) is 37.6 Å². The molecule has 0 saturated heterocycles. The summed E-state index contributed by atoms with van der Waals surface area (Å²) in [6.07, 6.45) is 1.47. The van der Waals surface area contributed by atoms with Crippen LogP contribution in [0.5, 0.6) is 0 Å². The number of nitrogens with zero attached hydrogens (tertiary/aromatic N) is 3. The topological polar surface area (TPSA) is 130 Å². The molecule has 84 valence electrons. The van der Waals surface area contributed by atoms with E-state index in [0.29, 0.717) is 17.0 Å². The van der Waals surface area contributed by atoms with E-state index in [-0.39, 0.29) is 18.9 Å². The third-order valence-electron chi connectivity index (χ3n) is 1.93. The average Bonchev–Trinajstić information content (AvgIpc) is 2.64. The zero-order valence-electron chi connectivity index (χ0n) is 8.27. The Morgan fingerprint density at radius 3 is 3.12 bits per heavy atom. The number of aliphatic carboxylic acids is 1. The molecule has 8 nitrogen and oxygen atoms in total. The van der Waals surface area contributed by atoms with Gasteiger partial charge in [-0.15, -0.1) is 0 Å². The quantitative estimate of drug-likeness (QED) is 0.564. The smallest absolute Gasteiger partial charge is 0.305 e. The van der Waals surface area contributed by atoms with Gasteiger partial charge < -0.3 is 21.1 Å². The van der Waals surface area contributed by atoms with Crippen LogP contribution in [0.1, 0.15) is 6.42 Å². The molecule has 0 fully saturated rings. The van der Waals surface area contributed by atoms with Gasteiger partial charge in [-0.05, 0) is 0 Å². The van der Waals surface area contributed by atoms with E-state index in [9.17, 15) is 4.79 Å². The van der Waals surface area contributed by atoms with Crippen molar-refractivity contribution in [2.45, 2.75) is 6.42 Å². The molecule has 0 saturated carbocycles. The van der Waals surface area contributed by atoms with E-state index in [1.807, 2.05) is 0 Å². The molecule has 2 rings (SSSR count). The molecule has 8 heteroatoms. The Morgan fingerprint density at radius 1 is 1.56 bits per heavy atom. The first-order valence-corrected chi connectivity index (χ1v) is 4.59. The van der Waals surface area contributed by atoms with Gasteiger partial charge in [0.1, 0.15) is 5.52 Å². The lowest BCUT2D eigenvalue weighted by Crippen LogP contribution is -2.10. The van der Waals surface area contributed by atoms with Gasteiger partial charge in [0.25, 0.3) is 0 Å². The molecule has 0 bridgehead atoms. The second kappa shape index (κ2) is 4.01. The molecule has 0 radical (unpaired) electrons. The maximum atomic E-state index is 10.4. The van der Waals surface area contributed by atoms with Crippen LogP contribution in [-0.2, 0) is 4.79 Å². The summed E-state index contributed by atoms with van der Waals surface area (Å²) in [7, 11) is 0. The monoisotopic (exact) mass is 222 g/mol. The number of H-pyrrole nitrogens is 1. The Hall–Kier alpha value is -2.38. The zero-order valence-corrected chi connectivity index (χ0v) is 8.27. The number of hydrogen-bond acceptors (Lipinski definition) is 6. The molecule has 0 aliphatic heterocycles. The van der Waals surface area contributed by atoms with Crippen molar-refractivity contribution in [3.63, 3.8) is 0 Å². The number of aromatic nitrogens is 4. The Morgan fingerprint density at radius 2 is 2.38 bits per heavy atom. The molecular formula is C8H10N6O2. The highest BCUT2D eigenvalue weighted by atomic mass is 16.4. The standard InChI is InChI=1S/C8H10N6O2/c9-8-13-6(10-2-1-4(15)16)5-7(14-8)12-3-11-5/h3H,1-2H2,(H,15,16)(H4,9,10,11,12,13,14). The predicted molar refractivity (Wildman–Crippen MR) is 56.8 cm³/mol. The van der Waals surface area contributed by atoms with E-state index < -0.39 is 5.97 Å². The number of anilines is 2. The molecule has 0 aromatic carbocycles. The molecule has 0 aliphatic rings. The van der Waals surface area contributed by atoms with E-state index in [4.69, 9.17) is 10.8 Å². The van der Waals surface area contributed by atoms with Crippen molar-refractivity contribution in [3.05, 3.63) is 6.33 Å². The molecule has 0 amide bonds. The Bertz CT molecular complexity index is 522. The van der Waals surface area contributed by atoms with Crippen molar-refractivity contribution in [2.75, 3.05) is 17.6 Å². The Kier molecular flexibility index (Phi) is 2.54. The van der Waals surface area contributed by atoms with Gasteiger partial charge in [-0.2, -0.15) is 9.97 Å². The Balaban J connectivity index is 2.22. The summed E-state index contributed by atoms with van der Waals surface area (Å²) < 4.78 is 0. The van der Waals surface area contributed by atoms with Crippen molar-refractivity contribution in [2.24, 2.45) is 0 Å². The summed E-state index contributed by atoms with van der Waals surface area (Å²) in [5.41, 5.74) is 6.54. The summed E-state index contributed by atoms with van der Waals surface area (Å²) >= 11 is 0. The molecule has 2 aromatic heterocycles. The van der Waals surface area contributed by atoms with E-state index in [2.05, 4.69) is 25.3 Å². The van der Waals surface area contributed by atoms with Gasteiger partial charge in [0.2, 0.25) is 5.95 Å². The van der Waals surface area contributed by atoms with Gasteiger partial charge in [-0.3, -0.25) is 4.79 Å². The lowest BCUT2D eigenvalue weighted by Gasteiger charge is -2.04. The van der Waals surface area contributed by atoms with Gasteiger partial charge in [0.15, 0.2) is 11.5 Å². The lowest BCUT2D eigenvalue weighted by molar-refractivity contribution is -0.136. The van der Waals surface area contributed by atoms with Crippen LogP contribution in [0.4, 0.5) is 11.8 Å². The highest BCUT2D eigenvalue weighted by molar-refractivity contribution is 5.83. The first-order valence-electron chi connectivity index (χ1n) is 4.59. The van der Waals surface area contributed by atoms with Crippen LogP contribution < -0.4 is 11.1 Å². The minimum Gasteiger partial charge on any atom is -0.481 e. The summed E-state index contributed by atoms with van der Waals surface area (Å²) in [5, 5.41) is 11.4. The number of rotatable bonds is 4. The number of imidazole rings is 1. The number of nitrogens with two attached hydrogens (primary N) is 1. The fourth-order valence-electron chi connectivity index (χ4n) is 1.27. The van der Waals surface area contributed by atoms with Crippen LogP contribution in [0.25, 0.3) is 11.2 Å². The van der Waals surface area contributed by atoms with E-state index in [1.54, 1.807) is 0 Å². The van der Waals surface area contributed by atoms with Crippen LogP contribution in [0.3, 0.4) is 0 Å². The number of fused-ring (bicyclic) bond motifs is 1. The van der Waals surface area contributed by atoms with Crippen molar-refractivity contribution >= 4 is 28.9 Å². The average molecular weight is 222 g/mol. The predicted octanol–water partition coefficient (Wildman–Crippen LogP) is -0.178. The minimum atomic E-state index is -0.879. The van der Waals surface area contributed by atoms with Crippen molar-refractivity contribution < 1.29 is 9.90 Å². The summed E-state index contributed by atoms with van der Waals surface area (Å²) in [4.78, 5) is 25.0. The van der Waals surface area contributed by atoms with Crippen LogP contribution in [0.2, 0.25) is 0 Å². The van der Waals surface area contributed by atoms with Crippen molar-refractivity contribution in [1.29, 1.82) is 0 Å². The fourth-order valence-corrected chi connectivity index (χ4v) is 1.27. The molecule has 16 heavy (non-hydrogen) atoms. The highest BCUT2D eigenvalue weighted by Gasteiger charge is 2.08.